The molecule has 14 heavy (non-hydrogen) atoms. The van der Waals surface area contributed by atoms with Gasteiger partial charge in [-0.2, -0.15) is 8.78 Å². The first kappa shape index (κ1) is 13.3. The topological polar surface area (TPSA) is 26.3 Å². The smallest absolute Gasteiger partial charge is 0.461 e. The van der Waals surface area contributed by atoms with Gasteiger partial charge in [0.2, 0.25) is 0 Å². The fourth-order valence-electron chi connectivity index (χ4n) is 0.373. The van der Waals surface area contributed by atoms with Crippen LogP contribution in [0, 0.1) is 0 Å². The summed E-state index contributed by atoms with van der Waals surface area (Å²) in [5.41, 5.74) is 0. The molecule has 0 aliphatic carbocycles. The number of halogens is 7. The number of rotatable bonds is 3. The van der Waals surface area contributed by atoms with E-state index in [1.54, 1.807) is 0 Å². The maximum absolute atomic E-state index is 12.0. The molecule has 0 fully saturated rings. The molecule has 0 spiro atoms. The highest BCUT2D eigenvalue weighted by molar-refractivity contribution is 8.47. The summed E-state index contributed by atoms with van der Waals surface area (Å²) in [6.07, 6.45) is 0. The van der Waals surface area contributed by atoms with E-state index in [4.69, 9.17) is 0 Å². The van der Waals surface area contributed by atoms with Crippen LogP contribution in [0.15, 0.2) is 0 Å². The zero-order valence-corrected chi connectivity index (χ0v) is 7.39. The van der Waals surface area contributed by atoms with Crippen LogP contribution < -0.4 is 0 Å². The molecule has 0 heterocycles. The van der Waals surface area contributed by atoms with Gasteiger partial charge in [0.15, 0.2) is 0 Å². The number of alkyl halides is 2. The van der Waals surface area contributed by atoms with Gasteiger partial charge in [0, 0.05) is 0 Å². The van der Waals surface area contributed by atoms with E-state index in [0.717, 1.165) is 6.92 Å². The highest BCUT2D eigenvalue weighted by atomic mass is 32.5. The van der Waals surface area contributed by atoms with Crippen molar-refractivity contribution in [3.8, 4) is 0 Å². The van der Waals surface area contributed by atoms with Gasteiger partial charge >= 0.3 is 21.4 Å². The Kier molecular flexibility index (Phi) is 2.35. The van der Waals surface area contributed by atoms with Crippen LogP contribution in [0.3, 0.4) is 0 Å². The Labute approximate surface area is 73.7 Å². The van der Waals surface area contributed by atoms with Crippen LogP contribution in [0.1, 0.15) is 6.92 Å². The molecule has 0 N–H and O–H groups in total. The van der Waals surface area contributed by atoms with Crippen molar-refractivity contribution in [3.05, 3.63) is 0 Å². The number of hydrogen-bond donors (Lipinski definition) is 0. The summed E-state index contributed by atoms with van der Waals surface area (Å²) in [7, 11) is -11.2. The molecule has 0 aliphatic heterocycles. The molecule has 2 nitrogen and oxygen atoms in total. The van der Waals surface area contributed by atoms with Crippen molar-refractivity contribution in [1.82, 2.24) is 0 Å². The Balaban J connectivity index is 5.29. The third-order valence-corrected chi connectivity index (χ3v) is 2.13. The summed E-state index contributed by atoms with van der Waals surface area (Å²) in [6, 6.07) is 0. The Hall–Kier alpha value is -0.670. The number of ether oxygens (including phenoxy) is 1. The van der Waals surface area contributed by atoms with Crippen LogP contribution in [-0.2, 0) is 9.53 Å². The number of carbonyl (C=O) groups is 1. The van der Waals surface area contributed by atoms with Gasteiger partial charge in [0.05, 0.1) is 6.61 Å². The van der Waals surface area contributed by atoms with Gasteiger partial charge in [-0.3, -0.25) is 0 Å². The van der Waals surface area contributed by atoms with Gasteiger partial charge in [-0.25, -0.2) is 4.79 Å². The minimum absolute atomic E-state index is 0.859. The number of esters is 1. The van der Waals surface area contributed by atoms with Gasteiger partial charge < -0.3 is 4.74 Å². The zero-order valence-electron chi connectivity index (χ0n) is 6.58. The quantitative estimate of drug-likeness (QED) is 0.566. The molecular weight excluding hydrogens is 245 g/mol. The molecule has 10 heteroatoms. The molecule has 0 aromatic rings. The first-order chi connectivity index (χ1) is 5.73. The molecule has 0 rings (SSSR count). The largest absolute Gasteiger partial charge is 0.477 e. The second-order valence-electron chi connectivity index (χ2n) is 2.21. The Bertz CT molecular complexity index is 253. The first-order valence-electron chi connectivity index (χ1n) is 3.01. The summed E-state index contributed by atoms with van der Waals surface area (Å²) >= 11 is 0. The van der Waals surface area contributed by atoms with E-state index in [2.05, 4.69) is 4.74 Å². The SMILES string of the molecule is CCOC(=O)C(F)(F)S(F)(F)(F)(F)F. The van der Waals surface area contributed by atoms with Crippen molar-refractivity contribution >= 4 is 16.2 Å². The predicted molar refractivity (Wildman–Crippen MR) is 34.7 cm³/mol. The molecular formula is C4H5F7O2S. The van der Waals surface area contributed by atoms with E-state index in [9.17, 15) is 33.0 Å². The van der Waals surface area contributed by atoms with Crippen molar-refractivity contribution in [2.75, 3.05) is 6.61 Å². The summed E-state index contributed by atoms with van der Waals surface area (Å²) < 4.78 is 84.7. The lowest BCUT2D eigenvalue weighted by atomic mass is 10.7. The molecule has 88 valence electrons. The molecule has 0 saturated heterocycles. The summed E-state index contributed by atoms with van der Waals surface area (Å²) in [5, 5.41) is -6.75. The van der Waals surface area contributed by atoms with Crippen molar-refractivity contribution in [3.63, 3.8) is 0 Å². The normalized spacial score (nSPS) is 18.3. The monoisotopic (exact) mass is 250 g/mol. The lowest BCUT2D eigenvalue weighted by molar-refractivity contribution is -0.163. The second kappa shape index (κ2) is 2.47. The van der Waals surface area contributed by atoms with Crippen molar-refractivity contribution in [2.45, 2.75) is 12.2 Å². The summed E-state index contributed by atoms with van der Waals surface area (Å²) in [4.78, 5) is 9.98. The van der Waals surface area contributed by atoms with E-state index in [-0.39, 0.29) is 0 Å². The van der Waals surface area contributed by atoms with E-state index >= 15 is 0 Å². The van der Waals surface area contributed by atoms with Gasteiger partial charge in [-0.05, 0) is 6.92 Å². The lowest BCUT2D eigenvalue weighted by Gasteiger charge is -2.43. The molecule has 0 unspecified atom stereocenters. The minimum atomic E-state index is -11.2. The van der Waals surface area contributed by atoms with E-state index in [0.29, 0.717) is 0 Å². The van der Waals surface area contributed by atoms with Crippen LogP contribution in [0.5, 0.6) is 0 Å². The Morgan fingerprint density at radius 3 is 1.79 bits per heavy atom. The number of hydrogen-bond acceptors (Lipinski definition) is 2. The molecule has 0 aliphatic rings. The third-order valence-electron chi connectivity index (χ3n) is 0.998. The van der Waals surface area contributed by atoms with Crippen LogP contribution in [0.2, 0.25) is 0 Å². The Morgan fingerprint density at radius 1 is 1.21 bits per heavy atom. The molecule has 0 bridgehead atoms. The highest BCUT2D eigenvalue weighted by Gasteiger charge is 2.87. The van der Waals surface area contributed by atoms with Crippen LogP contribution in [0.25, 0.3) is 0 Å². The molecule has 0 aromatic carbocycles. The van der Waals surface area contributed by atoms with Gasteiger partial charge in [-0.1, -0.05) is 19.4 Å². The molecule has 0 amide bonds. The van der Waals surface area contributed by atoms with E-state index < -0.39 is 28.1 Å². The Morgan fingerprint density at radius 2 is 1.57 bits per heavy atom. The molecule has 0 aromatic heterocycles. The number of carbonyl (C=O) groups excluding carboxylic acids is 1. The van der Waals surface area contributed by atoms with Gasteiger partial charge in [-0.15, -0.1) is 0 Å². The zero-order chi connectivity index (χ0) is 11.9. The summed E-state index contributed by atoms with van der Waals surface area (Å²) in [6.45, 7) is 0.0433. The predicted octanol–water partition coefficient (Wildman–Crippen LogP) is 3.44. The van der Waals surface area contributed by atoms with Crippen LogP contribution in [-0.4, -0.2) is 17.8 Å². The maximum Gasteiger partial charge on any atom is 0.477 e. The van der Waals surface area contributed by atoms with Crippen molar-refractivity contribution in [2.24, 2.45) is 0 Å². The second-order valence-corrected chi connectivity index (χ2v) is 4.66. The van der Waals surface area contributed by atoms with Gasteiger partial charge in [0.1, 0.15) is 0 Å². The fourth-order valence-corrected chi connectivity index (χ4v) is 0.746. The van der Waals surface area contributed by atoms with Gasteiger partial charge in [0.25, 0.3) is 0 Å². The fraction of sp³-hybridized carbons (Fsp3) is 0.750. The average Bonchev–Trinajstić information content (AvgIpc) is 1.81. The lowest BCUT2D eigenvalue weighted by Crippen LogP contribution is -2.41. The van der Waals surface area contributed by atoms with Crippen LogP contribution in [0.4, 0.5) is 28.2 Å². The van der Waals surface area contributed by atoms with E-state index in [1.807, 2.05) is 0 Å². The molecule has 0 saturated carbocycles. The minimum Gasteiger partial charge on any atom is -0.461 e. The van der Waals surface area contributed by atoms with Crippen LogP contribution >= 0.6 is 10.2 Å². The highest BCUT2D eigenvalue weighted by Crippen LogP contribution is 3.04. The van der Waals surface area contributed by atoms with E-state index in [1.165, 1.54) is 0 Å². The average molecular weight is 250 g/mol. The maximum atomic E-state index is 12.0. The standard InChI is InChI=1S/C4H5F7O2S/c1-2-13-3(12)4(5,6)14(7,8,9,10)11/h2H2,1H3. The third kappa shape index (κ3) is 2.22. The first-order valence-corrected chi connectivity index (χ1v) is 4.96. The van der Waals surface area contributed by atoms with Crippen molar-refractivity contribution in [1.29, 1.82) is 0 Å². The molecule has 0 atom stereocenters. The molecule has 0 radical (unpaired) electrons. The summed E-state index contributed by atoms with van der Waals surface area (Å²) in [5.74, 6) is -3.29. The van der Waals surface area contributed by atoms with Crippen molar-refractivity contribution < 1.29 is 37.7 Å².